The molecule has 58 heavy (non-hydrogen) atoms. The van der Waals surface area contributed by atoms with Crippen molar-refractivity contribution in [2.24, 2.45) is 29.6 Å². The summed E-state index contributed by atoms with van der Waals surface area (Å²) in [6.07, 6.45) is 11.2. The van der Waals surface area contributed by atoms with Gasteiger partial charge in [0.1, 0.15) is 0 Å². The molecule has 0 N–H and O–H groups in total. The van der Waals surface area contributed by atoms with Crippen LogP contribution in [0.4, 0.5) is 0 Å². The van der Waals surface area contributed by atoms with Gasteiger partial charge in [-0.25, -0.2) is 0 Å². The van der Waals surface area contributed by atoms with Crippen molar-refractivity contribution in [1.82, 2.24) is 0 Å². The molecule has 0 saturated heterocycles. The van der Waals surface area contributed by atoms with Crippen LogP contribution < -0.4 is 0 Å². The molecule has 0 fully saturated rings. The largest absolute Gasteiger partial charge is 0.294 e. The first kappa shape index (κ1) is 40.9. The number of allylic oxidation sites excluding steroid dienone is 2. The monoisotopic (exact) mass is 762 g/mol. The van der Waals surface area contributed by atoms with E-state index in [1.54, 1.807) is 0 Å². The standard InChI is InChI=1S/C17H18.C16H16.C12H14O.C12H14/c1-12(2)17-15-9-5-3-7-13(15)11-14-8-4-6-10-16(14)17;1-11(2)15-8-7-14-9-12-5-3-4-6-13(12)10-16(14)15;1-8(2)11-7-9-5-3-4-6-10(9)12(11)13;1-9(2)11-8-7-10-5-3-4-6-12(10)11/h3-10,12,17H,11H2,1-2H3;3-11,15H,1-2H3;3-6,8,11H,7H2,1-2H3;3-9,11H,1-2H3. The van der Waals surface area contributed by atoms with Gasteiger partial charge in [-0.05, 0) is 109 Å². The van der Waals surface area contributed by atoms with Crippen LogP contribution in [0.25, 0.3) is 22.9 Å². The second kappa shape index (κ2) is 18.1. The highest BCUT2D eigenvalue weighted by Gasteiger charge is 2.32. The summed E-state index contributed by atoms with van der Waals surface area (Å²) in [6.45, 7) is 18.0. The SMILES string of the molecule is CC(C)C1C=Cc2cc3ccccc3cc21.CC(C)C1C=Cc2ccccc21.CC(C)C1Cc2ccccc2C1=O.CC(C)C1c2ccccc2Cc2ccccc21. The highest BCUT2D eigenvalue weighted by atomic mass is 16.1. The van der Waals surface area contributed by atoms with Gasteiger partial charge < -0.3 is 0 Å². The first-order valence-corrected chi connectivity index (χ1v) is 21.8. The predicted molar refractivity (Wildman–Crippen MR) is 249 cm³/mol. The van der Waals surface area contributed by atoms with E-state index in [0.29, 0.717) is 47.2 Å². The van der Waals surface area contributed by atoms with E-state index in [2.05, 4.69) is 195 Å². The first-order chi connectivity index (χ1) is 28.0. The Morgan fingerprint density at radius 3 is 1.50 bits per heavy atom. The molecule has 3 atom stereocenters. The Morgan fingerprint density at radius 2 is 0.931 bits per heavy atom. The third-order valence-corrected chi connectivity index (χ3v) is 12.8. The molecule has 4 aliphatic rings. The average Bonchev–Trinajstić information content (AvgIpc) is 3.95. The zero-order chi connectivity index (χ0) is 40.9. The van der Waals surface area contributed by atoms with Gasteiger partial charge in [0.15, 0.2) is 5.78 Å². The molecule has 3 unspecified atom stereocenters. The number of Topliss-reactive ketones (excluding diaryl/α,β-unsaturated/α-hetero) is 1. The smallest absolute Gasteiger partial charge is 0.166 e. The second-order valence-electron chi connectivity index (χ2n) is 18.1. The molecule has 0 radical (unpaired) electrons. The lowest BCUT2D eigenvalue weighted by molar-refractivity contribution is 0.0906. The molecule has 0 saturated carbocycles. The molecule has 6 aromatic carbocycles. The van der Waals surface area contributed by atoms with Crippen LogP contribution in [-0.4, -0.2) is 5.78 Å². The van der Waals surface area contributed by atoms with Crippen LogP contribution in [0.15, 0.2) is 146 Å². The van der Waals surface area contributed by atoms with Crippen LogP contribution in [0.1, 0.15) is 134 Å². The summed E-state index contributed by atoms with van der Waals surface area (Å²) < 4.78 is 0. The number of hydrogen-bond donors (Lipinski definition) is 0. The lowest BCUT2D eigenvalue weighted by atomic mass is 9.73. The Kier molecular flexibility index (Phi) is 12.8. The van der Waals surface area contributed by atoms with Crippen molar-refractivity contribution in [2.75, 3.05) is 0 Å². The van der Waals surface area contributed by atoms with Crippen molar-refractivity contribution in [3.63, 3.8) is 0 Å². The van der Waals surface area contributed by atoms with E-state index in [-0.39, 0.29) is 5.92 Å². The lowest BCUT2D eigenvalue weighted by Gasteiger charge is -2.31. The summed E-state index contributed by atoms with van der Waals surface area (Å²) in [7, 11) is 0. The van der Waals surface area contributed by atoms with Gasteiger partial charge in [0.05, 0.1) is 0 Å². The molecule has 1 heteroatoms. The maximum Gasteiger partial charge on any atom is 0.166 e. The fraction of sp³-hybridized carbons (Fsp3) is 0.316. The molecule has 1 nitrogen and oxygen atoms in total. The molecule has 4 aliphatic carbocycles. The Morgan fingerprint density at radius 1 is 0.448 bits per heavy atom. The molecule has 0 spiro atoms. The van der Waals surface area contributed by atoms with E-state index in [0.717, 1.165) is 18.4 Å². The normalized spacial score (nSPS) is 18.1. The van der Waals surface area contributed by atoms with Gasteiger partial charge in [-0.2, -0.15) is 0 Å². The fourth-order valence-electron chi connectivity index (χ4n) is 9.55. The number of hydrogen-bond acceptors (Lipinski definition) is 1. The fourth-order valence-corrected chi connectivity index (χ4v) is 9.55. The van der Waals surface area contributed by atoms with Crippen LogP contribution in [0.2, 0.25) is 0 Å². The van der Waals surface area contributed by atoms with Gasteiger partial charge in [0.2, 0.25) is 0 Å². The Labute approximate surface area is 349 Å². The summed E-state index contributed by atoms with van der Waals surface area (Å²) in [5.41, 5.74) is 14.0. The van der Waals surface area contributed by atoms with Gasteiger partial charge in [-0.15, -0.1) is 0 Å². The highest BCUT2D eigenvalue weighted by molar-refractivity contribution is 6.02. The second-order valence-corrected chi connectivity index (χ2v) is 18.1. The summed E-state index contributed by atoms with van der Waals surface area (Å²) in [4.78, 5) is 11.8. The minimum absolute atomic E-state index is 0.220. The quantitative estimate of drug-likeness (QED) is 0.175. The van der Waals surface area contributed by atoms with E-state index in [4.69, 9.17) is 0 Å². The Hall–Kier alpha value is -5.27. The topological polar surface area (TPSA) is 17.1 Å². The number of fused-ring (bicyclic) bond motifs is 6. The third-order valence-electron chi connectivity index (χ3n) is 12.8. The van der Waals surface area contributed by atoms with Gasteiger partial charge in [-0.1, -0.05) is 201 Å². The molecule has 0 amide bonds. The molecular formula is C57H62O. The highest BCUT2D eigenvalue weighted by Crippen LogP contribution is 2.41. The maximum atomic E-state index is 11.8. The number of carbonyl (C=O) groups is 1. The zero-order valence-electron chi connectivity index (χ0n) is 36.0. The van der Waals surface area contributed by atoms with Crippen molar-refractivity contribution in [1.29, 1.82) is 0 Å². The van der Waals surface area contributed by atoms with Crippen molar-refractivity contribution >= 4 is 28.7 Å². The molecule has 6 aromatic rings. The summed E-state index contributed by atoms with van der Waals surface area (Å²) in [5, 5.41) is 2.70. The predicted octanol–water partition coefficient (Wildman–Crippen LogP) is 15.1. The maximum absolute atomic E-state index is 11.8. The minimum Gasteiger partial charge on any atom is -0.294 e. The average molecular weight is 763 g/mol. The molecule has 296 valence electrons. The van der Waals surface area contributed by atoms with E-state index in [9.17, 15) is 4.79 Å². The van der Waals surface area contributed by atoms with Crippen LogP contribution in [-0.2, 0) is 12.8 Å². The zero-order valence-corrected chi connectivity index (χ0v) is 36.0. The van der Waals surface area contributed by atoms with E-state index >= 15 is 0 Å². The van der Waals surface area contributed by atoms with E-state index in [1.807, 2.05) is 18.2 Å². The van der Waals surface area contributed by atoms with Crippen LogP contribution in [0.5, 0.6) is 0 Å². The van der Waals surface area contributed by atoms with Crippen LogP contribution in [0, 0.1) is 29.6 Å². The molecular weight excluding hydrogens is 701 g/mol. The Bertz CT molecular complexity index is 2370. The summed E-state index contributed by atoms with van der Waals surface area (Å²) in [5.74, 6) is 4.86. The minimum atomic E-state index is 0.220. The number of carbonyl (C=O) groups excluding carboxylic acids is 1. The first-order valence-electron chi connectivity index (χ1n) is 21.8. The Balaban J connectivity index is 0.000000119. The van der Waals surface area contributed by atoms with Gasteiger partial charge in [0, 0.05) is 29.2 Å². The summed E-state index contributed by atoms with van der Waals surface area (Å²) in [6, 6.07) is 47.7. The number of benzene rings is 6. The molecule has 0 heterocycles. The number of ketones is 1. The molecule has 0 aromatic heterocycles. The van der Waals surface area contributed by atoms with Gasteiger partial charge in [0.25, 0.3) is 0 Å². The van der Waals surface area contributed by atoms with E-state index < -0.39 is 0 Å². The summed E-state index contributed by atoms with van der Waals surface area (Å²) >= 11 is 0. The van der Waals surface area contributed by atoms with Crippen LogP contribution >= 0.6 is 0 Å². The third kappa shape index (κ3) is 8.75. The molecule has 0 bridgehead atoms. The molecule has 10 rings (SSSR count). The van der Waals surface area contributed by atoms with Crippen molar-refractivity contribution in [3.05, 3.63) is 201 Å². The van der Waals surface area contributed by atoms with Crippen molar-refractivity contribution < 1.29 is 4.79 Å². The van der Waals surface area contributed by atoms with E-state index in [1.165, 1.54) is 60.8 Å². The molecule has 0 aliphatic heterocycles. The van der Waals surface area contributed by atoms with Crippen molar-refractivity contribution in [2.45, 2.75) is 86.0 Å². The van der Waals surface area contributed by atoms with Crippen LogP contribution in [0.3, 0.4) is 0 Å². The van der Waals surface area contributed by atoms with Crippen molar-refractivity contribution in [3.8, 4) is 0 Å². The van der Waals surface area contributed by atoms with Gasteiger partial charge >= 0.3 is 0 Å². The lowest BCUT2D eigenvalue weighted by Crippen LogP contribution is -2.17. The number of rotatable bonds is 4. The van der Waals surface area contributed by atoms with Gasteiger partial charge in [-0.3, -0.25) is 4.79 Å².